The fourth-order valence-electron chi connectivity index (χ4n) is 1.11. The van der Waals surface area contributed by atoms with Crippen molar-refractivity contribution in [3.05, 3.63) is 23.8 Å². The third-order valence-electron chi connectivity index (χ3n) is 1.90. The van der Waals surface area contributed by atoms with E-state index in [0.717, 1.165) is 0 Å². The smallest absolute Gasteiger partial charge is 0.394 e. The monoisotopic (exact) mass is 239 g/mol. The summed E-state index contributed by atoms with van der Waals surface area (Å²) in [6, 6.07) is 3.84. The van der Waals surface area contributed by atoms with E-state index in [1.807, 2.05) is 5.32 Å². The highest BCUT2D eigenvalue weighted by molar-refractivity contribution is 6.36. The molecule has 17 heavy (non-hydrogen) atoms. The molecule has 1 aromatic rings. The minimum Gasteiger partial charge on any atom is -0.497 e. The SMILES string of the molecule is COc1ccc(NC(=O)C(=O)O)c(C(=O)O)c1. The topological polar surface area (TPSA) is 113 Å². The second kappa shape index (κ2) is 4.97. The Kier molecular flexibility index (Phi) is 3.66. The average molecular weight is 239 g/mol. The van der Waals surface area contributed by atoms with Gasteiger partial charge in [0, 0.05) is 0 Å². The molecular weight excluding hydrogens is 230 g/mol. The summed E-state index contributed by atoms with van der Waals surface area (Å²) in [7, 11) is 1.36. The van der Waals surface area contributed by atoms with Crippen molar-refractivity contribution in [1.29, 1.82) is 0 Å². The van der Waals surface area contributed by atoms with Gasteiger partial charge in [0.15, 0.2) is 0 Å². The van der Waals surface area contributed by atoms with Gasteiger partial charge in [-0.2, -0.15) is 0 Å². The van der Waals surface area contributed by atoms with E-state index in [9.17, 15) is 14.4 Å². The van der Waals surface area contributed by atoms with Gasteiger partial charge in [-0.1, -0.05) is 0 Å². The number of carbonyl (C=O) groups is 3. The number of rotatable bonds is 3. The van der Waals surface area contributed by atoms with Crippen molar-refractivity contribution >= 4 is 23.5 Å². The number of benzene rings is 1. The predicted molar refractivity (Wildman–Crippen MR) is 56.2 cm³/mol. The molecule has 90 valence electrons. The van der Waals surface area contributed by atoms with Crippen LogP contribution in [0.5, 0.6) is 5.75 Å². The quantitative estimate of drug-likeness (QED) is 0.658. The van der Waals surface area contributed by atoms with Crippen LogP contribution in [0, 0.1) is 0 Å². The van der Waals surface area contributed by atoms with Crippen LogP contribution in [0.2, 0.25) is 0 Å². The lowest BCUT2D eigenvalue weighted by Crippen LogP contribution is -2.23. The van der Waals surface area contributed by atoms with Gasteiger partial charge in [0.25, 0.3) is 0 Å². The van der Waals surface area contributed by atoms with E-state index in [2.05, 4.69) is 0 Å². The molecule has 0 spiro atoms. The molecule has 0 unspecified atom stereocenters. The van der Waals surface area contributed by atoms with Crippen molar-refractivity contribution in [1.82, 2.24) is 0 Å². The summed E-state index contributed by atoms with van der Waals surface area (Å²) in [5.74, 6) is -4.02. The van der Waals surface area contributed by atoms with E-state index in [0.29, 0.717) is 0 Å². The summed E-state index contributed by atoms with van der Waals surface area (Å²) in [6.45, 7) is 0. The lowest BCUT2D eigenvalue weighted by molar-refractivity contribution is -0.147. The van der Waals surface area contributed by atoms with Crippen LogP contribution < -0.4 is 10.1 Å². The first-order valence-electron chi connectivity index (χ1n) is 4.41. The van der Waals surface area contributed by atoms with E-state index in [1.165, 1.54) is 25.3 Å². The lowest BCUT2D eigenvalue weighted by Gasteiger charge is -2.08. The number of aromatic carboxylic acids is 1. The van der Waals surface area contributed by atoms with Gasteiger partial charge < -0.3 is 20.3 Å². The van der Waals surface area contributed by atoms with E-state index in [4.69, 9.17) is 14.9 Å². The molecule has 0 aromatic heterocycles. The van der Waals surface area contributed by atoms with Crippen LogP contribution in [-0.2, 0) is 9.59 Å². The van der Waals surface area contributed by atoms with Crippen LogP contribution in [0.3, 0.4) is 0 Å². The molecule has 0 bridgehead atoms. The van der Waals surface area contributed by atoms with Crippen LogP contribution in [0.4, 0.5) is 5.69 Å². The fraction of sp³-hybridized carbons (Fsp3) is 0.100. The molecule has 0 saturated heterocycles. The second-order valence-electron chi connectivity index (χ2n) is 2.98. The van der Waals surface area contributed by atoms with Crippen LogP contribution in [-0.4, -0.2) is 35.2 Å². The maximum absolute atomic E-state index is 10.9. The van der Waals surface area contributed by atoms with Crippen molar-refractivity contribution in [2.75, 3.05) is 12.4 Å². The number of ether oxygens (including phenoxy) is 1. The third-order valence-corrected chi connectivity index (χ3v) is 1.90. The Bertz CT molecular complexity index is 482. The maximum atomic E-state index is 10.9. The molecule has 0 radical (unpaired) electrons. The predicted octanol–water partition coefficient (Wildman–Crippen LogP) is 0.416. The minimum absolute atomic E-state index is 0.106. The number of nitrogens with one attached hydrogen (secondary N) is 1. The first-order valence-corrected chi connectivity index (χ1v) is 4.41. The van der Waals surface area contributed by atoms with Gasteiger partial charge in [-0.3, -0.25) is 4.79 Å². The molecule has 0 aliphatic rings. The molecule has 0 saturated carbocycles. The Balaban J connectivity index is 3.11. The van der Waals surface area contributed by atoms with Gasteiger partial charge in [0.05, 0.1) is 18.4 Å². The van der Waals surface area contributed by atoms with E-state index < -0.39 is 17.8 Å². The normalized spacial score (nSPS) is 9.47. The van der Waals surface area contributed by atoms with Gasteiger partial charge >= 0.3 is 17.8 Å². The summed E-state index contributed by atoms with van der Waals surface area (Å²) in [4.78, 5) is 32.1. The van der Waals surface area contributed by atoms with Gasteiger partial charge in [0.1, 0.15) is 5.75 Å². The molecule has 0 fully saturated rings. The Morgan fingerprint density at radius 2 is 1.88 bits per heavy atom. The van der Waals surface area contributed by atoms with Crippen molar-refractivity contribution in [2.45, 2.75) is 0 Å². The Morgan fingerprint density at radius 1 is 1.24 bits per heavy atom. The van der Waals surface area contributed by atoms with Crippen molar-refractivity contribution in [3.8, 4) is 5.75 Å². The number of hydrogen-bond acceptors (Lipinski definition) is 4. The zero-order valence-corrected chi connectivity index (χ0v) is 8.76. The van der Waals surface area contributed by atoms with Crippen LogP contribution in [0.1, 0.15) is 10.4 Å². The van der Waals surface area contributed by atoms with Crippen LogP contribution in [0.15, 0.2) is 18.2 Å². The number of anilines is 1. The molecule has 0 aliphatic carbocycles. The molecule has 1 amide bonds. The maximum Gasteiger partial charge on any atom is 0.394 e. The van der Waals surface area contributed by atoms with Crippen LogP contribution in [0.25, 0.3) is 0 Å². The molecule has 7 nitrogen and oxygen atoms in total. The first kappa shape index (κ1) is 12.5. The summed E-state index contributed by atoms with van der Waals surface area (Å²) in [5, 5.41) is 19.2. The molecule has 1 aromatic carbocycles. The number of carboxylic acid groups (broad SMARTS) is 2. The Labute approximate surface area is 95.6 Å². The molecule has 0 heterocycles. The molecular formula is C10H9NO6. The van der Waals surface area contributed by atoms with Gasteiger partial charge in [-0.05, 0) is 18.2 Å². The number of aliphatic carboxylic acids is 1. The summed E-state index contributed by atoms with van der Waals surface area (Å²) in [6.07, 6.45) is 0. The van der Waals surface area contributed by atoms with Crippen molar-refractivity contribution in [3.63, 3.8) is 0 Å². The number of carbonyl (C=O) groups excluding carboxylic acids is 1. The number of methoxy groups -OCH3 is 1. The lowest BCUT2D eigenvalue weighted by atomic mass is 10.1. The van der Waals surface area contributed by atoms with Crippen molar-refractivity contribution in [2.24, 2.45) is 0 Å². The standard InChI is InChI=1S/C10H9NO6/c1-17-5-2-3-7(6(4-5)9(13)14)11-8(12)10(15)16/h2-4H,1H3,(H,11,12)(H,13,14)(H,15,16). The summed E-state index contributed by atoms with van der Waals surface area (Å²) in [5.41, 5.74) is -0.357. The Hall–Kier alpha value is -2.57. The van der Waals surface area contributed by atoms with Gasteiger partial charge in [-0.25, -0.2) is 9.59 Å². The molecule has 1 rings (SSSR count). The molecule has 7 heteroatoms. The minimum atomic E-state index is -1.70. The first-order chi connectivity index (χ1) is 7.95. The fourth-order valence-corrected chi connectivity index (χ4v) is 1.11. The van der Waals surface area contributed by atoms with E-state index in [1.54, 1.807) is 0 Å². The van der Waals surface area contributed by atoms with Gasteiger partial charge in [0.2, 0.25) is 0 Å². The largest absolute Gasteiger partial charge is 0.497 e. The van der Waals surface area contributed by atoms with Crippen LogP contribution >= 0.6 is 0 Å². The highest BCUT2D eigenvalue weighted by atomic mass is 16.5. The summed E-state index contributed by atoms with van der Waals surface area (Å²) >= 11 is 0. The molecule has 3 N–H and O–H groups in total. The Morgan fingerprint density at radius 3 is 2.35 bits per heavy atom. The zero-order chi connectivity index (χ0) is 13.0. The third kappa shape index (κ3) is 2.94. The van der Waals surface area contributed by atoms with Crippen molar-refractivity contribution < 1.29 is 29.3 Å². The number of carboxylic acids is 2. The summed E-state index contributed by atoms with van der Waals surface area (Å²) < 4.78 is 4.82. The van der Waals surface area contributed by atoms with E-state index >= 15 is 0 Å². The van der Waals surface area contributed by atoms with Gasteiger partial charge in [-0.15, -0.1) is 0 Å². The average Bonchev–Trinajstić information content (AvgIpc) is 2.29. The number of hydrogen-bond donors (Lipinski definition) is 3. The highest BCUT2D eigenvalue weighted by Crippen LogP contribution is 2.22. The zero-order valence-electron chi connectivity index (χ0n) is 8.76. The number of amides is 1. The molecule has 0 atom stereocenters. The second-order valence-corrected chi connectivity index (χ2v) is 2.98. The van der Waals surface area contributed by atoms with E-state index in [-0.39, 0.29) is 17.0 Å². The highest BCUT2D eigenvalue weighted by Gasteiger charge is 2.17. The molecule has 0 aliphatic heterocycles.